The van der Waals surface area contributed by atoms with Crippen molar-refractivity contribution in [2.45, 2.75) is 6.10 Å². The number of anilines is 1. The molecule has 0 amide bonds. The molecular weight excluding hydrogens is 236 g/mol. The van der Waals surface area contributed by atoms with Crippen molar-refractivity contribution in [2.24, 2.45) is 0 Å². The predicted molar refractivity (Wildman–Crippen MR) is 68.1 cm³/mol. The molecule has 0 aliphatic carbocycles. The summed E-state index contributed by atoms with van der Waals surface area (Å²) < 4.78 is 10.7. The van der Waals surface area contributed by atoms with Gasteiger partial charge in [-0.15, -0.1) is 0 Å². The molecule has 1 aromatic heterocycles. The molecular formula is C12H12N2O2S. The van der Waals surface area contributed by atoms with Gasteiger partial charge in [0.1, 0.15) is 11.9 Å². The molecule has 2 aromatic rings. The maximum Gasteiger partial charge on any atom is 0.229 e. The minimum Gasteiger partial charge on any atom is -0.489 e. The van der Waals surface area contributed by atoms with Crippen LogP contribution in [0.5, 0.6) is 5.75 Å². The lowest BCUT2D eigenvalue weighted by Crippen LogP contribution is -2.30. The zero-order valence-electron chi connectivity index (χ0n) is 9.13. The Hall–Kier alpha value is -1.62. The number of rotatable bonds is 3. The largest absolute Gasteiger partial charge is 0.489 e. The number of thioether (sulfide) groups is 1. The van der Waals surface area contributed by atoms with E-state index in [-0.39, 0.29) is 0 Å². The molecule has 0 atom stereocenters. The van der Waals surface area contributed by atoms with E-state index < -0.39 is 0 Å². The molecule has 17 heavy (non-hydrogen) atoms. The van der Waals surface area contributed by atoms with E-state index in [1.165, 1.54) is 0 Å². The van der Waals surface area contributed by atoms with Gasteiger partial charge in [-0.3, -0.25) is 0 Å². The van der Waals surface area contributed by atoms with Gasteiger partial charge in [-0.05, 0) is 17.7 Å². The van der Waals surface area contributed by atoms with Gasteiger partial charge in [0.15, 0.2) is 0 Å². The molecule has 0 unspecified atom stereocenters. The van der Waals surface area contributed by atoms with Crippen LogP contribution in [0.2, 0.25) is 0 Å². The summed E-state index contributed by atoms with van der Waals surface area (Å²) in [6, 6.07) is 7.83. The Morgan fingerprint density at radius 1 is 1.41 bits per heavy atom. The van der Waals surface area contributed by atoms with Crippen LogP contribution < -0.4 is 10.5 Å². The summed E-state index contributed by atoms with van der Waals surface area (Å²) in [6.07, 6.45) is 1.96. The van der Waals surface area contributed by atoms with E-state index in [0.29, 0.717) is 12.0 Å². The van der Waals surface area contributed by atoms with Crippen LogP contribution in [0, 0.1) is 0 Å². The fourth-order valence-corrected chi connectivity index (χ4v) is 2.24. The van der Waals surface area contributed by atoms with E-state index in [1.807, 2.05) is 36.0 Å². The second-order valence-corrected chi connectivity index (χ2v) is 4.98. The zero-order valence-corrected chi connectivity index (χ0v) is 9.94. The van der Waals surface area contributed by atoms with Gasteiger partial charge in [-0.25, -0.2) is 0 Å². The van der Waals surface area contributed by atoms with E-state index >= 15 is 0 Å². The van der Waals surface area contributed by atoms with Crippen LogP contribution in [-0.4, -0.2) is 22.8 Å². The molecule has 2 heterocycles. The van der Waals surface area contributed by atoms with Crippen LogP contribution in [0.25, 0.3) is 11.1 Å². The Morgan fingerprint density at radius 3 is 2.94 bits per heavy atom. The number of nitrogen functional groups attached to an aromatic ring is 1. The first-order valence-electron chi connectivity index (χ1n) is 5.38. The lowest BCUT2D eigenvalue weighted by Gasteiger charge is -2.25. The topological polar surface area (TPSA) is 61.3 Å². The Labute approximate surface area is 103 Å². The quantitative estimate of drug-likeness (QED) is 0.903. The summed E-state index contributed by atoms with van der Waals surface area (Å²) in [7, 11) is 0. The van der Waals surface area contributed by atoms with Crippen LogP contribution >= 0.6 is 11.8 Å². The molecule has 4 nitrogen and oxygen atoms in total. The summed E-state index contributed by atoms with van der Waals surface area (Å²) in [6.45, 7) is 0. The first-order valence-corrected chi connectivity index (χ1v) is 6.53. The highest BCUT2D eigenvalue weighted by Crippen LogP contribution is 2.30. The Balaban J connectivity index is 1.85. The number of hydrogen-bond donors (Lipinski definition) is 1. The number of aromatic nitrogens is 1. The summed E-state index contributed by atoms with van der Waals surface area (Å²) in [4.78, 5) is 0. The second-order valence-electron chi connectivity index (χ2n) is 3.91. The van der Waals surface area contributed by atoms with Crippen LogP contribution in [0.1, 0.15) is 0 Å². The molecule has 88 valence electrons. The summed E-state index contributed by atoms with van der Waals surface area (Å²) >= 11 is 1.90. The van der Waals surface area contributed by atoms with Crippen molar-refractivity contribution < 1.29 is 9.26 Å². The van der Waals surface area contributed by atoms with E-state index in [1.54, 1.807) is 6.20 Å². The third-order valence-electron chi connectivity index (χ3n) is 2.65. The Bertz CT molecular complexity index is 523. The van der Waals surface area contributed by atoms with Crippen LogP contribution in [0.15, 0.2) is 35.0 Å². The summed E-state index contributed by atoms with van der Waals surface area (Å²) in [5.41, 5.74) is 7.46. The molecule has 0 radical (unpaired) electrons. The average molecular weight is 248 g/mol. The zero-order chi connectivity index (χ0) is 11.7. The molecule has 1 aromatic carbocycles. The number of nitrogens with two attached hydrogens (primary N) is 1. The number of ether oxygens (including phenoxy) is 1. The monoisotopic (exact) mass is 248 g/mol. The second kappa shape index (κ2) is 4.33. The van der Waals surface area contributed by atoms with Crippen molar-refractivity contribution in [3.63, 3.8) is 0 Å². The molecule has 0 saturated carbocycles. The maximum atomic E-state index is 5.82. The summed E-state index contributed by atoms with van der Waals surface area (Å²) in [5, 5.41) is 3.67. The normalized spacial score (nSPS) is 15.5. The molecule has 1 fully saturated rings. The SMILES string of the molecule is Nc1oncc1-c1cccc(OC2CSC2)c1. The van der Waals surface area contributed by atoms with Gasteiger partial charge in [0, 0.05) is 11.5 Å². The lowest BCUT2D eigenvalue weighted by atomic mass is 10.1. The molecule has 5 heteroatoms. The van der Waals surface area contributed by atoms with Gasteiger partial charge >= 0.3 is 0 Å². The fourth-order valence-electron chi connectivity index (χ4n) is 1.68. The maximum absolute atomic E-state index is 5.82. The number of benzene rings is 1. The molecule has 1 aliphatic rings. The lowest BCUT2D eigenvalue weighted by molar-refractivity contribution is 0.240. The Morgan fingerprint density at radius 2 is 2.29 bits per heavy atom. The Kier molecular flexibility index (Phi) is 2.68. The molecule has 1 aliphatic heterocycles. The van der Waals surface area contributed by atoms with Crippen molar-refractivity contribution in [1.82, 2.24) is 5.16 Å². The van der Waals surface area contributed by atoms with E-state index in [4.69, 9.17) is 15.0 Å². The van der Waals surface area contributed by atoms with Crippen molar-refractivity contribution in [3.05, 3.63) is 30.5 Å². The third-order valence-corrected chi connectivity index (χ3v) is 3.87. The van der Waals surface area contributed by atoms with Gasteiger partial charge in [0.25, 0.3) is 0 Å². The molecule has 2 N–H and O–H groups in total. The fraction of sp³-hybridized carbons (Fsp3) is 0.250. The van der Waals surface area contributed by atoms with Crippen molar-refractivity contribution >= 4 is 17.6 Å². The van der Waals surface area contributed by atoms with Crippen molar-refractivity contribution in [3.8, 4) is 16.9 Å². The molecule has 1 saturated heterocycles. The number of hydrogen-bond acceptors (Lipinski definition) is 5. The van der Waals surface area contributed by atoms with Crippen LogP contribution in [0.4, 0.5) is 5.88 Å². The van der Waals surface area contributed by atoms with Crippen LogP contribution in [-0.2, 0) is 0 Å². The molecule has 0 spiro atoms. The van der Waals surface area contributed by atoms with Crippen LogP contribution in [0.3, 0.4) is 0 Å². The highest BCUT2D eigenvalue weighted by molar-refractivity contribution is 8.00. The highest BCUT2D eigenvalue weighted by atomic mass is 32.2. The third kappa shape index (κ3) is 2.10. The molecule has 3 rings (SSSR count). The minimum atomic E-state index is 0.335. The number of nitrogens with zero attached hydrogens (tertiary/aromatic N) is 1. The summed E-state index contributed by atoms with van der Waals surface area (Å²) in [5.74, 6) is 3.34. The smallest absolute Gasteiger partial charge is 0.229 e. The van der Waals surface area contributed by atoms with Gasteiger partial charge in [0.2, 0.25) is 5.88 Å². The molecule has 0 bridgehead atoms. The first-order chi connectivity index (χ1) is 8.33. The van der Waals surface area contributed by atoms with Gasteiger partial charge in [-0.2, -0.15) is 11.8 Å². The predicted octanol–water partition coefficient (Wildman–Crippen LogP) is 2.42. The van der Waals surface area contributed by atoms with Crippen molar-refractivity contribution in [2.75, 3.05) is 17.2 Å². The standard InChI is InChI=1S/C12H12N2O2S/c13-12-11(5-14-16-12)8-2-1-3-9(4-8)15-10-6-17-7-10/h1-5,10H,6-7,13H2. The van der Waals surface area contributed by atoms with Gasteiger partial charge < -0.3 is 15.0 Å². The van der Waals surface area contributed by atoms with E-state index in [9.17, 15) is 0 Å². The highest BCUT2D eigenvalue weighted by Gasteiger charge is 2.20. The van der Waals surface area contributed by atoms with E-state index in [2.05, 4.69) is 5.16 Å². The van der Waals surface area contributed by atoms with Crippen molar-refractivity contribution in [1.29, 1.82) is 0 Å². The minimum absolute atomic E-state index is 0.335. The first kappa shape index (κ1) is 10.5. The van der Waals surface area contributed by atoms with Gasteiger partial charge in [0.05, 0.1) is 11.8 Å². The van der Waals surface area contributed by atoms with E-state index in [0.717, 1.165) is 28.4 Å². The average Bonchev–Trinajstić information content (AvgIpc) is 2.71. The van der Waals surface area contributed by atoms with Gasteiger partial charge in [-0.1, -0.05) is 17.3 Å².